The lowest BCUT2D eigenvalue weighted by Crippen LogP contribution is -1.93. The molecule has 0 aliphatic carbocycles. The first-order valence-electron chi connectivity index (χ1n) is 5.95. The maximum absolute atomic E-state index is 11.6. The molecule has 0 saturated carbocycles. The van der Waals surface area contributed by atoms with Crippen molar-refractivity contribution in [3.05, 3.63) is 54.5 Å². The molecule has 1 aromatic heterocycles. The highest BCUT2D eigenvalue weighted by molar-refractivity contribution is 6.04. The minimum absolute atomic E-state index is 0.00464. The minimum Gasteiger partial charge on any atom is -0.508 e. The summed E-state index contributed by atoms with van der Waals surface area (Å²) in [6, 6.07) is 10.6. The maximum atomic E-state index is 11.6. The molecule has 0 bridgehead atoms. The largest absolute Gasteiger partial charge is 0.508 e. The van der Waals surface area contributed by atoms with Crippen LogP contribution in [0.5, 0.6) is 5.75 Å². The molecule has 3 nitrogen and oxygen atoms in total. The Bertz CT molecular complexity index is 755. The molecule has 3 aromatic rings. The molecule has 0 fully saturated rings. The Kier molecular flexibility index (Phi) is 2.60. The van der Waals surface area contributed by atoms with Crippen LogP contribution < -0.4 is 0 Å². The third kappa shape index (κ3) is 1.99. The van der Waals surface area contributed by atoms with Crippen LogP contribution in [0.3, 0.4) is 0 Å². The zero-order valence-electron chi connectivity index (χ0n) is 10.4. The summed E-state index contributed by atoms with van der Waals surface area (Å²) in [6.07, 6.45) is 3.24. The molecule has 0 atom stereocenters. The topological polar surface area (TPSA) is 50.4 Å². The average molecular weight is 252 g/mol. The number of phenolic OH excluding ortho intramolecular Hbond substituents is 1. The van der Waals surface area contributed by atoms with Crippen LogP contribution in [0.25, 0.3) is 21.9 Å². The SMILES string of the molecule is CC(=O)c1cc(-c2ccoc2)c2ccc(O)cc2c1. The van der Waals surface area contributed by atoms with Crippen LogP contribution in [0, 0.1) is 0 Å². The van der Waals surface area contributed by atoms with Gasteiger partial charge in [0.25, 0.3) is 0 Å². The monoisotopic (exact) mass is 252 g/mol. The van der Waals surface area contributed by atoms with E-state index in [2.05, 4.69) is 0 Å². The Labute approximate surface area is 110 Å². The van der Waals surface area contributed by atoms with Crippen molar-refractivity contribution < 1.29 is 14.3 Å². The molecular weight excluding hydrogens is 240 g/mol. The normalized spacial score (nSPS) is 10.8. The van der Waals surface area contributed by atoms with Gasteiger partial charge in [-0.3, -0.25) is 4.79 Å². The van der Waals surface area contributed by atoms with Gasteiger partial charge >= 0.3 is 0 Å². The van der Waals surface area contributed by atoms with E-state index in [1.165, 1.54) is 6.92 Å². The van der Waals surface area contributed by atoms with Crippen LogP contribution in [-0.2, 0) is 0 Å². The third-order valence-corrected chi connectivity index (χ3v) is 3.17. The number of furan rings is 1. The second-order valence-corrected chi connectivity index (χ2v) is 4.50. The summed E-state index contributed by atoms with van der Waals surface area (Å²) < 4.78 is 5.11. The Morgan fingerprint density at radius 3 is 2.68 bits per heavy atom. The van der Waals surface area contributed by atoms with E-state index in [0.29, 0.717) is 5.56 Å². The lowest BCUT2D eigenvalue weighted by atomic mass is 9.96. The number of phenols is 1. The van der Waals surface area contributed by atoms with Gasteiger partial charge in [-0.25, -0.2) is 0 Å². The molecular formula is C16H12O3. The number of rotatable bonds is 2. The van der Waals surface area contributed by atoms with Crippen LogP contribution in [0.1, 0.15) is 17.3 Å². The van der Waals surface area contributed by atoms with E-state index in [-0.39, 0.29) is 11.5 Å². The zero-order valence-corrected chi connectivity index (χ0v) is 10.4. The van der Waals surface area contributed by atoms with Gasteiger partial charge in [-0.05, 0) is 53.6 Å². The van der Waals surface area contributed by atoms with E-state index in [9.17, 15) is 9.90 Å². The molecule has 1 heterocycles. The van der Waals surface area contributed by atoms with E-state index in [4.69, 9.17) is 4.42 Å². The Hall–Kier alpha value is -2.55. The molecule has 0 spiro atoms. The van der Waals surface area contributed by atoms with Crippen molar-refractivity contribution in [3.63, 3.8) is 0 Å². The standard InChI is InChI=1S/C16H12O3/c1-10(17)12-6-13-7-14(18)2-3-15(13)16(8-12)11-4-5-19-9-11/h2-9,18H,1H3. The van der Waals surface area contributed by atoms with Crippen molar-refractivity contribution in [3.8, 4) is 16.9 Å². The highest BCUT2D eigenvalue weighted by Gasteiger charge is 2.10. The second kappa shape index (κ2) is 4.28. The van der Waals surface area contributed by atoms with Crippen LogP contribution >= 0.6 is 0 Å². The van der Waals surface area contributed by atoms with Crippen LogP contribution in [0.2, 0.25) is 0 Å². The van der Waals surface area contributed by atoms with Gasteiger partial charge in [-0.15, -0.1) is 0 Å². The lowest BCUT2D eigenvalue weighted by molar-refractivity contribution is 0.101. The van der Waals surface area contributed by atoms with Gasteiger partial charge in [0.05, 0.1) is 12.5 Å². The average Bonchev–Trinajstić information content (AvgIpc) is 2.90. The van der Waals surface area contributed by atoms with Crippen LogP contribution in [-0.4, -0.2) is 10.9 Å². The zero-order chi connectivity index (χ0) is 13.4. The summed E-state index contributed by atoms with van der Waals surface area (Å²) >= 11 is 0. The first-order chi connectivity index (χ1) is 9.15. The predicted octanol–water partition coefficient (Wildman–Crippen LogP) is 4.01. The molecule has 1 N–H and O–H groups in total. The quantitative estimate of drug-likeness (QED) is 0.701. The number of benzene rings is 2. The van der Waals surface area contributed by atoms with Gasteiger partial charge < -0.3 is 9.52 Å². The second-order valence-electron chi connectivity index (χ2n) is 4.50. The fourth-order valence-electron chi connectivity index (χ4n) is 2.22. The highest BCUT2D eigenvalue weighted by atomic mass is 16.3. The summed E-state index contributed by atoms with van der Waals surface area (Å²) in [4.78, 5) is 11.6. The van der Waals surface area contributed by atoms with Crippen molar-refractivity contribution >= 4 is 16.6 Å². The fourth-order valence-corrected chi connectivity index (χ4v) is 2.22. The molecule has 19 heavy (non-hydrogen) atoms. The molecule has 0 unspecified atom stereocenters. The summed E-state index contributed by atoms with van der Waals surface area (Å²) in [6.45, 7) is 1.53. The van der Waals surface area contributed by atoms with Crippen molar-refractivity contribution in [2.24, 2.45) is 0 Å². The Morgan fingerprint density at radius 1 is 1.16 bits per heavy atom. The van der Waals surface area contributed by atoms with Crippen molar-refractivity contribution in [2.45, 2.75) is 6.92 Å². The number of aromatic hydroxyl groups is 1. The number of carbonyl (C=O) groups excluding carboxylic acids is 1. The molecule has 3 heteroatoms. The molecule has 0 saturated heterocycles. The van der Waals surface area contributed by atoms with Crippen molar-refractivity contribution in [1.29, 1.82) is 0 Å². The summed E-state index contributed by atoms with van der Waals surface area (Å²) in [5.74, 6) is 0.182. The van der Waals surface area contributed by atoms with Crippen molar-refractivity contribution in [2.75, 3.05) is 0 Å². The Morgan fingerprint density at radius 2 is 2.00 bits per heavy atom. The number of Topliss-reactive ketones (excluding diaryl/α,β-unsaturated/α-hetero) is 1. The lowest BCUT2D eigenvalue weighted by Gasteiger charge is -2.08. The first kappa shape index (κ1) is 11.5. The van der Waals surface area contributed by atoms with E-state index in [0.717, 1.165) is 21.9 Å². The van der Waals surface area contributed by atoms with E-state index >= 15 is 0 Å². The number of hydrogen-bond acceptors (Lipinski definition) is 3. The number of ketones is 1. The highest BCUT2D eigenvalue weighted by Crippen LogP contribution is 2.32. The van der Waals surface area contributed by atoms with E-state index < -0.39 is 0 Å². The van der Waals surface area contributed by atoms with E-state index in [1.807, 2.05) is 18.2 Å². The summed E-state index contributed by atoms with van der Waals surface area (Å²) in [5, 5.41) is 11.4. The van der Waals surface area contributed by atoms with Gasteiger partial charge in [-0.2, -0.15) is 0 Å². The van der Waals surface area contributed by atoms with Gasteiger partial charge in [0.1, 0.15) is 5.75 Å². The molecule has 94 valence electrons. The van der Waals surface area contributed by atoms with E-state index in [1.54, 1.807) is 30.7 Å². The van der Waals surface area contributed by atoms with Crippen LogP contribution in [0.4, 0.5) is 0 Å². The maximum Gasteiger partial charge on any atom is 0.159 e. The molecule has 3 rings (SSSR count). The predicted molar refractivity (Wildman–Crippen MR) is 73.3 cm³/mol. The van der Waals surface area contributed by atoms with Crippen LogP contribution in [0.15, 0.2) is 53.3 Å². The number of hydrogen-bond donors (Lipinski definition) is 1. The Balaban J connectivity index is 2.38. The molecule has 0 amide bonds. The number of carbonyl (C=O) groups is 1. The van der Waals surface area contributed by atoms with Gasteiger partial charge in [0.2, 0.25) is 0 Å². The van der Waals surface area contributed by atoms with Gasteiger partial charge in [-0.1, -0.05) is 6.07 Å². The summed E-state index contributed by atoms with van der Waals surface area (Å²) in [7, 11) is 0. The van der Waals surface area contributed by atoms with Gasteiger partial charge in [0.15, 0.2) is 5.78 Å². The molecule has 2 aromatic carbocycles. The fraction of sp³-hybridized carbons (Fsp3) is 0.0625. The minimum atomic E-state index is -0.00464. The smallest absolute Gasteiger partial charge is 0.159 e. The molecule has 0 aliphatic heterocycles. The summed E-state index contributed by atoms with van der Waals surface area (Å²) in [5.41, 5.74) is 2.46. The molecule has 0 radical (unpaired) electrons. The third-order valence-electron chi connectivity index (χ3n) is 3.17. The first-order valence-corrected chi connectivity index (χ1v) is 5.95. The van der Waals surface area contributed by atoms with Crippen molar-refractivity contribution in [1.82, 2.24) is 0 Å². The number of fused-ring (bicyclic) bond motifs is 1. The van der Waals surface area contributed by atoms with Gasteiger partial charge in [0, 0.05) is 11.1 Å². The molecule has 0 aliphatic rings.